The summed E-state index contributed by atoms with van der Waals surface area (Å²) in [5.74, 6) is 0.725. The highest BCUT2D eigenvalue weighted by Gasteiger charge is 2.16. The minimum Gasteiger partial charge on any atom is -0.376 e. The van der Waals surface area contributed by atoms with E-state index in [-0.39, 0.29) is 0 Å². The summed E-state index contributed by atoms with van der Waals surface area (Å²) in [4.78, 5) is 0. The van der Waals surface area contributed by atoms with Gasteiger partial charge < -0.3 is 14.8 Å². The van der Waals surface area contributed by atoms with Crippen LogP contribution in [0, 0.1) is 5.92 Å². The fourth-order valence-electron chi connectivity index (χ4n) is 1.83. The van der Waals surface area contributed by atoms with Gasteiger partial charge in [-0.2, -0.15) is 0 Å². The van der Waals surface area contributed by atoms with Gasteiger partial charge in [0, 0.05) is 6.61 Å². The number of hydrogen-bond acceptors (Lipinski definition) is 3. The third-order valence-electron chi connectivity index (χ3n) is 2.87. The van der Waals surface area contributed by atoms with E-state index in [0.717, 1.165) is 45.1 Å². The topological polar surface area (TPSA) is 30.5 Å². The SMILES string of the molecule is CC(C)CNCCC(C)OCC1CCCO1. The van der Waals surface area contributed by atoms with Gasteiger partial charge in [0.2, 0.25) is 0 Å². The second-order valence-electron chi connectivity index (χ2n) is 5.17. The van der Waals surface area contributed by atoms with Crippen molar-refractivity contribution in [2.75, 3.05) is 26.3 Å². The van der Waals surface area contributed by atoms with Gasteiger partial charge in [0.05, 0.1) is 18.8 Å². The molecule has 3 heteroatoms. The van der Waals surface area contributed by atoms with Crippen molar-refractivity contribution in [1.29, 1.82) is 0 Å². The second kappa shape index (κ2) is 8.04. The molecule has 1 heterocycles. The number of rotatable bonds is 8. The van der Waals surface area contributed by atoms with Crippen molar-refractivity contribution in [3.05, 3.63) is 0 Å². The smallest absolute Gasteiger partial charge is 0.0809 e. The molecule has 0 aliphatic carbocycles. The Bertz CT molecular complexity index is 167. The van der Waals surface area contributed by atoms with E-state index in [1.165, 1.54) is 6.42 Å². The zero-order valence-corrected chi connectivity index (χ0v) is 11.0. The molecule has 96 valence electrons. The molecule has 2 unspecified atom stereocenters. The van der Waals surface area contributed by atoms with Crippen LogP contribution in [-0.2, 0) is 9.47 Å². The maximum absolute atomic E-state index is 5.77. The highest BCUT2D eigenvalue weighted by atomic mass is 16.5. The summed E-state index contributed by atoms with van der Waals surface area (Å²) in [6, 6.07) is 0. The van der Waals surface area contributed by atoms with Crippen molar-refractivity contribution < 1.29 is 9.47 Å². The maximum Gasteiger partial charge on any atom is 0.0809 e. The van der Waals surface area contributed by atoms with Gasteiger partial charge in [-0.3, -0.25) is 0 Å². The first-order valence-corrected chi connectivity index (χ1v) is 6.62. The lowest BCUT2D eigenvalue weighted by Gasteiger charge is -2.16. The van der Waals surface area contributed by atoms with E-state index in [2.05, 4.69) is 26.1 Å². The largest absolute Gasteiger partial charge is 0.376 e. The lowest BCUT2D eigenvalue weighted by atomic mass is 10.2. The van der Waals surface area contributed by atoms with Gasteiger partial charge in [-0.1, -0.05) is 13.8 Å². The molecule has 0 saturated carbocycles. The van der Waals surface area contributed by atoms with Gasteiger partial charge in [0.25, 0.3) is 0 Å². The average Bonchev–Trinajstić information content (AvgIpc) is 2.74. The fraction of sp³-hybridized carbons (Fsp3) is 1.00. The number of ether oxygens (including phenoxy) is 2. The molecule has 1 aliphatic rings. The van der Waals surface area contributed by atoms with Crippen LogP contribution in [0.2, 0.25) is 0 Å². The molecule has 0 aromatic heterocycles. The van der Waals surface area contributed by atoms with Crippen LogP contribution in [0.1, 0.15) is 40.0 Å². The molecule has 1 aliphatic heterocycles. The Labute approximate surface area is 99.9 Å². The summed E-state index contributed by atoms with van der Waals surface area (Å²) in [5.41, 5.74) is 0. The van der Waals surface area contributed by atoms with Gasteiger partial charge in [0.15, 0.2) is 0 Å². The third kappa shape index (κ3) is 6.46. The lowest BCUT2D eigenvalue weighted by Crippen LogP contribution is -2.26. The Morgan fingerprint density at radius 1 is 1.38 bits per heavy atom. The molecular formula is C13H27NO2. The maximum atomic E-state index is 5.77. The molecular weight excluding hydrogens is 202 g/mol. The highest BCUT2D eigenvalue weighted by Crippen LogP contribution is 2.13. The zero-order valence-electron chi connectivity index (χ0n) is 11.0. The summed E-state index contributed by atoms with van der Waals surface area (Å²) >= 11 is 0. The quantitative estimate of drug-likeness (QED) is 0.647. The molecule has 0 radical (unpaired) electrons. The monoisotopic (exact) mass is 229 g/mol. The summed E-state index contributed by atoms with van der Waals surface area (Å²) in [6.07, 6.45) is 4.13. The molecule has 1 fully saturated rings. The highest BCUT2D eigenvalue weighted by molar-refractivity contribution is 4.65. The van der Waals surface area contributed by atoms with Crippen LogP contribution >= 0.6 is 0 Å². The first-order chi connectivity index (χ1) is 7.68. The molecule has 0 bridgehead atoms. The standard InChI is InChI=1S/C13H27NO2/c1-11(2)9-14-7-6-12(3)16-10-13-5-4-8-15-13/h11-14H,4-10H2,1-3H3. The molecule has 0 aromatic carbocycles. The first kappa shape index (κ1) is 13.9. The summed E-state index contributed by atoms with van der Waals surface area (Å²) < 4.78 is 11.3. The summed E-state index contributed by atoms with van der Waals surface area (Å²) in [7, 11) is 0. The molecule has 3 nitrogen and oxygen atoms in total. The summed E-state index contributed by atoms with van der Waals surface area (Å²) in [5, 5.41) is 3.43. The average molecular weight is 229 g/mol. The first-order valence-electron chi connectivity index (χ1n) is 6.62. The minimum atomic E-state index is 0.337. The van der Waals surface area contributed by atoms with Crippen LogP contribution in [0.3, 0.4) is 0 Å². The molecule has 1 rings (SSSR count). The van der Waals surface area contributed by atoms with Crippen molar-refractivity contribution in [2.45, 2.75) is 52.2 Å². The molecule has 0 spiro atoms. The zero-order chi connectivity index (χ0) is 11.8. The third-order valence-corrected chi connectivity index (χ3v) is 2.87. The fourth-order valence-corrected chi connectivity index (χ4v) is 1.83. The van der Waals surface area contributed by atoms with E-state index in [4.69, 9.17) is 9.47 Å². The molecule has 0 aromatic rings. The van der Waals surface area contributed by atoms with Gasteiger partial charge >= 0.3 is 0 Å². The number of hydrogen-bond donors (Lipinski definition) is 1. The second-order valence-corrected chi connectivity index (χ2v) is 5.17. The Morgan fingerprint density at radius 3 is 2.81 bits per heavy atom. The van der Waals surface area contributed by atoms with Crippen LogP contribution in [0.4, 0.5) is 0 Å². The van der Waals surface area contributed by atoms with Crippen molar-refractivity contribution in [2.24, 2.45) is 5.92 Å². The van der Waals surface area contributed by atoms with E-state index < -0.39 is 0 Å². The Kier molecular flexibility index (Phi) is 7.01. The minimum absolute atomic E-state index is 0.337. The van der Waals surface area contributed by atoms with Crippen molar-refractivity contribution >= 4 is 0 Å². The van der Waals surface area contributed by atoms with E-state index >= 15 is 0 Å². The van der Waals surface area contributed by atoms with Crippen LogP contribution in [0.25, 0.3) is 0 Å². The summed E-state index contributed by atoms with van der Waals surface area (Å²) in [6.45, 7) is 10.4. The van der Waals surface area contributed by atoms with Crippen molar-refractivity contribution in [1.82, 2.24) is 5.32 Å². The predicted octanol–water partition coefficient (Wildman–Crippen LogP) is 2.21. The lowest BCUT2D eigenvalue weighted by molar-refractivity contribution is -0.0161. The predicted molar refractivity (Wildman–Crippen MR) is 66.7 cm³/mol. The molecule has 0 amide bonds. The number of nitrogens with one attached hydrogen (secondary N) is 1. The van der Waals surface area contributed by atoms with Crippen LogP contribution in [-0.4, -0.2) is 38.5 Å². The van der Waals surface area contributed by atoms with Gasteiger partial charge in [0.1, 0.15) is 0 Å². The van der Waals surface area contributed by atoms with Crippen LogP contribution in [0.15, 0.2) is 0 Å². The Hall–Kier alpha value is -0.120. The Morgan fingerprint density at radius 2 is 2.19 bits per heavy atom. The molecule has 2 atom stereocenters. The normalized spacial score (nSPS) is 22.9. The van der Waals surface area contributed by atoms with Gasteiger partial charge in [-0.05, 0) is 45.2 Å². The van der Waals surface area contributed by atoms with E-state index in [1.54, 1.807) is 0 Å². The molecule has 1 saturated heterocycles. The van der Waals surface area contributed by atoms with E-state index in [9.17, 15) is 0 Å². The van der Waals surface area contributed by atoms with E-state index in [1.807, 2.05) is 0 Å². The van der Waals surface area contributed by atoms with Gasteiger partial charge in [-0.25, -0.2) is 0 Å². The van der Waals surface area contributed by atoms with Crippen LogP contribution < -0.4 is 5.32 Å². The Balaban J connectivity index is 1.91. The van der Waals surface area contributed by atoms with Crippen molar-refractivity contribution in [3.63, 3.8) is 0 Å². The molecule has 16 heavy (non-hydrogen) atoms. The van der Waals surface area contributed by atoms with Crippen LogP contribution in [0.5, 0.6) is 0 Å². The van der Waals surface area contributed by atoms with E-state index in [0.29, 0.717) is 12.2 Å². The molecule has 1 N–H and O–H groups in total. The van der Waals surface area contributed by atoms with Crippen molar-refractivity contribution in [3.8, 4) is 0 Å². The van der Waals surface area contributed by atoms with Gasteiger partial charge in [-0.15, -0.1) is 0 Å².